The fourth-order valence-corrected chi connectivity index (χ4v) is 2.69. The molecule has 2 aliphatic rings. The van der Waals surface area contributed by atoms with E-state index < -0.39 is 0 Å². The van der Waals surface area contributed by atoms with Crippen LogP contribution in [0.5, 0.6) is 0 Å². The van der Waals surface area contributed by atoms with Gasteiger partial charge in [0.05, 0.1) is 0 Å². The summed E-state index contributed by atoms with van der Waals surface area (Å²) in [5.41, 5.74) is 0.246. The Morgan fingerprint density at radius 3 is 3.00 bits per heavy atom. The van der Waals surface area contributed by atoms with E-state index in [-0.39, 0.29) is 11.4 Å². The molecule has 0 aromatic carbocycles. The second kappa shape index (κ2) is 2.75. The molecular weight excluding hydrogens is 150 g/mol. The maximum atomic E-state index is 10.9. The van der Waals surface area contributed by atoms with Gasteiger partial charge in [-0.05, 0) is 18.8 Å². The minimum Gasteiger partial charge on any atom is -0.350 e. The van der Waals surface area contributed by atoms with Crippen LogP contribution in [0.2, 0.25) is 0 Å². The molecule has 1 N–H and O–H groups in total. The summed E-state index contributed by atoms with van der Waals surface area (Å²) >= 11 is 0. The molecule has 0 aromatic heterocycles. The largest absolute Gasteiger partial charge is 0.350 e. The number of carbonyl (C=O) groups is 1. The lowest BCUT2D eigenvalue weighted by Gasteiger charge is -2.47. The molecule has 2 nitrogen and oxygen atoms in total. The van der Waals surface area contributed by atoms with Gasteiger partial charge in [-0.3, -0.25) is 4.79 Å². The van der Waals surface area contributed by atoms with Crippen molar-refractivity contribution in [2.75, 3.05) is 0 Å². The standard InChI is InChI=1S/C10H17NO/c1-2-8-4-3-5-10(6-8)7-9(12)11-10/h8H,2-7H2,1H3,(H,11,12). The van der Waals surface area contributed by atoms with Gasteiger partial charge in [0.15, 0.2) is 0 Å². The molecule has 12 heavy (non-hydrogen) atoms. The first-order chi connectivity index (χ1) is 5.74. The van der Waals surface area contributed by atoms with E-state index in [9.17, 15) is 4.79 Å². The van der Waals surface area contributed by atoms with E-state index >= 15 is 0 Å². The molecule has 1 saturated carbocycles. The Hall–Kier alpha value is -0.530. The van der Waals surface area contributed by atoms with Gasteiger partial charge in [-0.15, -0.1) is 0 Å². The van der Waals surface area contributed by atoms with Crippen molar-refractivity contribution in [2.45, 2.75) is 51.0 Å². The number of carbonyl (C=O) groups excluding carboxylic acids is 1. The zero-order valence-corrected chi connectivity index (χ0v) is 7.73. The van der Waals surface area contributed by atoms with E-state index in [2.05, 4.69) is 12.2 Å². The lowest BCUT2D eigenvalue weighted by atomic mass is 9.69. The van der Waals surface area contributed by atoms with Crippen LogP contribution in [0.25, 0.3) is 0 Å². The highest BCUT2D eigenvalue weighted by molar-refractivity contribution is 5.84. The second-order valence-electron chi connectivity index (χ2n) is 4.38. The van der Waals surface area contributed by atoms with Crippen molar-refractivity contribution < 1.29 is 4.79 Å². The molecule has 68 valence electrons. The number of β-lactam (4-membered cyclic amide) rings is 1. The number of rotatable bonds is 1. The zero-order valence-electron chi connectivity index (χ0n) is 7.73. The van der Waals surface area contributed by atoms with Gasteiger partial charge < -0.3 is 5.32 Å². The van der Waals surface area contributed by atoms with E-state index in [1.165, 1.54) is 32.1 Å². The third-order valence-corrected chi connectivity index (χ3v) is 3.43. The van der Waals surface area contributed by atoms with Crippen molar-refractivity contribution in [3.05, 3.63) is 0 Å². The first-order valence-corrected chi connectivity index (χ1v) is 5.05. The third kappa shape index (κ3) is 1.23. The summed E-state index contributed by atoms with van der Waals surface area (Å²) in [6.45, 7) is 2.25. The van der Waals surface area contributed by atoms with E-state index in [0.29, 0.717) is 0 Å². The molecule has 2 fully saturated rings. The molecule has 1 heterocycles. The van der Waals surface area contributed by atoms with Crippen LogP contribution >= 0.6 is 0 Å². The van der Waals surface area contributed by atoms with E-state index in [0.717, 1.165) is 12.3 Å². The highest BCUT2D eigenvalue weighted by Gasteiger charge is 2.45. The van der Waals surface area contributed by atoms with Gasteiger partial charge in [-0.1, -0.05) is 26.2 Å². The normalized spacial score (nSPS) is 40.8. The number of amides is 1. The van der Waals surface area contributed by atoms with Crippen LogP contribution in [0.4, 0.5) is 0 Å². The fraction of sp³-hybridized carbons (Fsp3) is 0.900. The summed E-state index contributed by atoms with van der Waals surface area (Å²) in [6, 6.07) is 0. The summed E-state index contributed by atoms with van der Waals surface area (Å²) in [7, 11) is 0. The quantitative estimate of drug-likeness (QED) is 0.593. The van der Waals surface area contributed by atoms with Crippen molar-refractivity contribution >= 4 is 5.91 Å². The molecule has 0 radical (unpaired) electrons. The summed E-state index contributed by atoms with van der Waals surface area (Å²) < 4.78 is 0. The van der Waals surface area contributed by atoms with E-state index in [1.807, 2.05) is 0 Å². The smallest absolute Gasteiger partial charge is 0.222 e. The Bertz CT molecular complexity index is 192. The van der Waals surface area contributed by atoms with Crippen LogP contribution < -0.4 is 5.32 Å². The molecule has 2 unspecified atom stereocenters. The molecule has 1 spiro atoms. The van der Waals surface area contributed by atoms with Crippen LogP contribution in [-0.2, 0) is 4.79 Å². The Morgan fingerprint density at radius 1 is 1.67 bits per heavy atom. The molecule has 0 aromatic rings. The minimum atomic E-state index is 0.246. The zero-order chi connectivity index (χ0) is 8.60. The van der Waals surface area contributed by atoms with Gasteiger partial charge in [0, 0.05) is 12.0 Å². The van der Waals surface area contributed by atoms with E-state index in [4.69, 9.17) is 0 Å². The van der Waals surface area contributed by atoms with Crippen LogP contribution in [0, 0.1) is 5.92 Å². The maximum absolute atomic E-state index is 10.9. The van der Waals surface area contributed by atoms with Gasteiger partial charge in [0.1, 0.15) is 0 Å². The second-order valence-corrected chi connectivity index (χ2v) is 4.38. The monoisotopic (exact) mass is 167 g/mol. The van der Waals surface area contributed by atoms with Crippen molar-refractivity contribution in [2.24, 2.45) is 5.92 Å². The third-order valence-electron chi connectivity index (χ3n) is 3.43. The molecular formula is C10H17NO. The van der Waals surface area contributed by atoms with Crippen LogP contribution in [0.3, 0.4) is 0 Å². The first-order valence-electron chi connectivity index (χ1n) is 5.05. The Balaban J connectivity index is 1.95. The fourth-order valence-electron chi connectivity index (χ4n) is 2.69. The predicted octanol–water partition coefficient (Wildman–Crippen LogP) is 1.85. The average molecular weight is 167 g/mol. The molecule has 1 saturated heterocycles. The maximum Gasteiger partial charge on any atom is 0.222 e. The average Bonchev–Trinajstić information content (AvgIpc) is 2.02. The first kappa shape index (κ1) is 8.09. The lowest BCUT2D eigenvalue weighted by molar-refractivity contribution is -0.134. The van der Waals surface area contributed by atoms with Crippen LogP contribution in [0.1, 0.15) is 45.4 Å². The van der Waals surface area contributed by atoms with Gasteiger partial charge >= 0.3 is 0 Å². The number of hydrogen-bond acceptors (Lipinski definition) is 1. The Kier molecular flexibility index (Phi) is 1.85. The SMILES string of the molecule is CCC1CCCC2(CC(=O)N2)C1. The molecule has 2 atom stereocenters. The minimum absolute atomic E-state index is 0.246. The summed E-state index contributed by atoms with van der Waals surface area (Å²) in [5, 5.41) is 3.08. The highest BCUT2D eigenvalue weighted by Crippen LogP contribution is 2.40. The van der Waals surface area contributed by atoms with Gasteiger partial charge in [0.2, 0.25) is 5.91 Å². The number of nitrogens with one attached hydrogen (secondary N) is 1. The Labute approximate surface area is 73.7 Å². The lowest BCUT2D eigenvalue weighted by Crippen LogP contribution is -2.62. The topological polar surface area (TPSA) is 29.1 Å². The Morgan fingerprint density at radius 2 is 2.42 bits per heavy atom. The summed E-state index contributed by atoms with van der Waals surface area (Å²) in [5.74, 6) is 1.12. The molecule has 2 rings (SSSR count). The summed E-state index contributed by atoms with van der Waals surface area (Å²) in [6.07, 6.45) is 7.19. The highest BCUT2D eigenvalue weighted by atomic mass is 16.2. The molecule has 1 amide bonds. The van der Waals surface area contributed by atoms with Crippen molar-refractivity contribution in [3.63, 3.8) is 0 Å². The van der Waals surface area contributed by atoms with Crippen molar-refractivity contribution in [3.8, 4) is 0 Å². The summed E-state index contributed by atoms with van der Waals surface area (Å²) in [4.78, 5) is 10.9. The predicted molar refractivity (Wildman–Crippen MR) is 47.7 cm³/mol. The molecule has 0 bridgehead atoms. The molecule has 1 aliphatic carbocycles. The van der Waals surface area contributed by atoms with Gasteiger partial charge in [-0.25, -0.2) is 0 Å². The number of hydrogen-bond donors (Lipinski definition) is 1. The van der Waals surface area contributed by atoms with Crippen molar-refractivity contribution in [1.29, 1.82) is 0 Å². The van der Waals surface area contributed by atoms with Crippen LogP contribution in [0.15, 0.2) is 0 Å². The van der Waals surface area contributed by atoms with Crippen LogP contribution in [-0.4, -0.2) is 11.4 Å². The molecule has 1 aliphatic heterocycles. The van der Waals surface area contributed by atoms with E-state index in [1.54, 1.807) is 0 Å². The van der Waals surface area contributed by atoms with Gasteiger partial charge in [-0.2, -0.15) is 0 Å². The molecule has 2 heteroatoms. The van der Waals surface area contributed by atoms with Gasteiger partial charge in [0.25, 0.3) is 0 Å². The van der Waals surface area contributed by atoms with Crippen molar-refractivity contribution in [1.82, 2.24) is 5.32 Å².